The van der Waals surface area contributed by atoms with Crippen LogP contribution in [0.5, 0.6) is 0 Å². The van der Waals surface area contributed by atoms with Crippen molar-refractivity contribution < 1.29 is 9.59 Å². The van der Waals surface area contributed by atoms with Gasteiger partial charge in [0.15, 0.2) is 0 Å². The van der Waals surface area contributed by atoms with Crippen LogP contribution >= 0.6 is 0 Å². The molecule has 3 N–H and O–H groups in total. The molecule has 2 aromatic rings. The molecule has 0 atom stereocenters. The molecule has 0 saturated heterocycles. The Bertz CT molecular complexity index is 592. The highest BCUT2D eigenvalue weighted by molar-refractivity contribution is 5.92. The van der Waals surface area contributed by atoms with E-state index < -0.39 is 5.91 Å². The zero-order valence-corrected chi connectivity index (χ0v) is 10.9. The summed E-state index contributed by atoms with van der Waals surface area (Å²) in [6.07, 6.45) is 1.54. The Morgan fingerprint density at radius 1 is 1.00 bits per heavy atom. The highest BCUT2D eigenvalue weighted by Crippen LogP contribution is 2.05. The molecule has 0 aliphatic rings. The van der Waals surface area contributed by atoms with Crippen LogP contribution in [-0.2, 0) is 11.3 Å². The first-order valence-electron chi connectivity index (χ1n) is 6.21. The summed E-state index contributed by atoms with van der Waals surface area (Å²) in [6, 6.07) is 16.2. The van der Waals surface area contributed by atoms with Crippen LogP contribution in [-0.4, -0.2) is 11.8 Å². The lowest BCUT2D eigenvalue weighted by molar-refractivity contribution is -0.117. The molecule has 20 heavy (non-hydrogen) atoms. The molecule has 0 aliphatic carbocycles. The number of hydrogen-bond acceptors (Lipinski definition) is 2. The van der Waals surface area contributed by atoms with E-state index >= 15 is 0 Å². The van der Waals surface area contributed by atoms with E-state index in [0.717, 1.165) is 11.1 Å². The molecular weight excluding hydrogens is 252 g/mol. The fraction of sp³-hybridized carbons (Fsp3) is 0.0625. The van der Waals surface area contributed by atoms with Gasteiger partial charge in [0.2, 0.25) is 11.8 Å². The average molecular weight is 267 g/mol. The standard InChI is InChI=1S/C16H15N2O2/c17-16(20)14-8-6-13(7-9-14)11-18-15(19)10-12-4-2-1-3-5-12/h1-10H,11H2,(H2,17,20)(H,18,19). The van der Waals surface area contributed by atoms with Crippen LogP contribution in [0.25, 0.3) is 0 Å². The van der Waals surface area contributed by atoms with E-state index in [2.05, 4.69) is 5.32 Å². The van der Waals surface area contributed by atoms with Crippen LogP contribution in [0.15, 0.2) is 54.6 Å². The van der Waals surface area contributed by atoms with Gasteiger partial charge in [0.1, 0.15) is 0 Å². The van der Waals surface area contributed by atoms with Crippen molar-refractivity contribution in [3.63, 3.8) is 0 Å². The zero-order valence-electron chi connectivity index (χ0n) is 10.9. The molecule has 101 valence electrons. The molecule has 1 radical (unpaired) electrons. The molecule has 4 nitrogen and oxygen atoms in total. The van der Waals surface area contributed by atoms with Crippen LogP contribution in [0, 0.1) is 6.42 Å². The number of hydrogen-bond donors (Lipinski definition) is 2. The molecule has 2 rings (SSSR count). The van der Waals surface area contributed by atoms with Crippen LogP contribution in [0.1, 0.15) is 21.5 Å². The third kappa shape index (κ3) is 3.95. The summed E-state index contributed by atoms with van der Waals surface area (Å²) < 4.78 is 0. The van der Waals surface area contributed by atoms with Gasteiger partial charge in [0.05, 0.1) is 6.42 Å². The first-order valence-corrected chi connectivity index (χ1v) is 6.21. The first kappa shape index (κ1) is 13.8. The minimum absolute atomic E-state index is 0.157. The summed E-state index contributed by atoms with van der Waals surface area (Å²) in [5.41, 5.74) is 7.38. The Morgan fingerprint density at radius 3 is 2.25 bits per heavy atom. The maximum absolute atomic E-state index is 11.7. The predicted molar refractivity (Wildman–Crippen MR) is 76.7 cm³/mol. The van der Waals surface area contributed by atoms with Gasteiger partial charge in [-0.2, -0.15) is 0 Å². The number of amides is 2. The Morgan fingerprint density at radius 2 is 1.65 bits per heavy atom. The number of carbonyl (C=O) groups is 2. The van der Waals surface area contributed by atoms with Gasteiger partial charge in [0, 0.05) is 12.1 Å². The Kier molecular flexibility index (Phi) is 4.50. The van der Waals surface area contributed by atoms with Crippen LogP contribution in [0.2, 0.25) is 0 Å². The van der Waals surface area contributed by atoms with Gasteiger partial charge in [-0.15, -0.1) is 0 Å². The summed E-state index contributed by atoms with van der Waals surface area (Å²) in [5.74, 6) is -0.617. The van der Waals surface area contributed by atoms with E-state index in [9.17, 15) is 9.59 Å². The second kappa shape index (κ2) is 6.52. The minimum atomic E-state index is -0.460. The lowest BCUT2D eigenvalue weighted by Crippen LogP contribution is -2.23. The molecule has 0 unspecified atom stereocenters. The van der Waals surface area contributed by atoms with Crippen molar-refractivity contribution in [1.82, 2.24) is 5.32 Å². The van der Waals surface area contributed by atoms with Crippen LogP contribution < -0.4 is 11.1 Å². The SMILES string of the molecule is NC(=O)c1ccc(CNC(=O)[CH]c2ccccc2)cc1. The number of carbonyl (C=O) groups excluding carboxylic acids is 2. The second-order valence-electron chi connectivity index (χ2n) is 4.33. The summed E-state index contributed by atoms with van der Waals surface area (Å²) in [7, 11) is 0. The Balaban J connectivity index is 1.85. The fourth-order valence-electron chi connectivity index (χ4n) is 1.73. The van der Waals surface area contributed by atoms with Gasteiger partial charge in [0.25, 0.3) is 0 Å². The van der Waals surface area contributed by atoms with Gasteiger partial charge >= 0.3 is 0 Å². The highest BCUT2D eigenvalue weighted by atomic mass is 16.1. The van der Waals surface area contributed by atoms with Gasteiger partial charge < -0.3 is 11.1 Å². The van der Waals surface area contributed by atoms with Crippen molar-refractivity contribution in [1.29, 1.82) is 0 Å². The summed E-state index contributed by atoms with van der Waals surface area (Å²) in [6.45, 7) is 0.404. The summed E-state index contributed by atoms with van der Waals surface area (Å²) in [4.78, 5) is 22.6. The van der Waals surface area contributed by atoms with E-state index in [4.69, 9.17) is 5.73 Å². The third-order valence-electron chi connectivity index (χ3n) is 2.80. The molecular formula is C16H15N2O2. The van der Waals surface area contributed by atoms with Gasteiger partial charge in [-0.25, -0.2) is 0 Å². The van der Waals surface area contributed by atoms with Gasteiger partial charge in [-0.1, -0.05) is 42.5 Å². The van der Waals surface area contributed by atoms with E-state index in [1.807, 2.05) is 30.3 Å². The monoisotopic (exact) mass is 267 g/mol. The molecule has 0 heterocycles. The maximum atomic E-state index is 11.7. The Hall–Kier alpha value is -2.62. The topological polar surface area (TPSA) is 72.2 Å². The maximum Gasteiger partial charge on any atom is 0.248 e. The van der Waals surface area contributed by atoms with E-state index in [1.54, 1.807) is 24.3 Å². The molecule has 2 amide bonds. The van der Waals surface area contributed by atoms with E-state index in [1.165, 1.54) is 6.42 Å². The van der Waals surface area contributed by atoms with E-state index in [0.29, 0.717) is 12.1 Å². The number of benzene rings is 2. The number of rotatable bonds is 5. The smallest absolute Gasteiger partial charge is 0.248 e. The van der Waals surface area contributed by atoms with Crippen LogP contribution in [0.4, 0.5) is 0 Å². The van der Waals surface area contributed by atoms with Crippen molar-refractivity contribution in [2.24, 2.45) is 5.73 Å². The van der Waals surface area contributed by atoms with Crippen molar-refractivity contribution in [3.8, 4) is 0 Å². The molecule has 0 saturated carbocycles. The van der Waals surface area contributed by atoms with Crippen molar-refractivity contribution in [2.45, 2.75) is 6.54 Å². The lowest BCUT2D eigenvalue weighted by atomic mass is 10.1. The van der Waals surface area contributed by atoms with E-state index in [-0.39, 0.29) is 5.91 Å². The molecule has 0 bridgehead atoms. The van der Waals surface area contributed by atoms with Gasteiger partial charge in [-0.05, 0) is 23.3 Å². The second-order valence-corrected chi connectivity index (χ2v) is 4.33. The zero-order chi connectivity index (χ0) is 14.4. The van der Waals surface area contributed by atoms with Crippen molar-refractivity contribution in [2.75, 3.05) is 0 Å². The molecule has 0 fully saturated rings. The summed E-state index contributed by atoms with van der Waals surface area (Å²) in [5, 5.41) is 2.79. The quantitative estimate of drug-likeness (QED) is 0.864. The number of nitrogens with one attached hydrogen (secondary N) is 1. The largest absolute Gasteiger partial charge is 0.366 e. The average Bonchev–Trinajstić information content (AvgIpc) is 2.46. The van der Waals surface area contributed by atoms with Crippen molar-refractivity contribution in [3.05, 3.63) is 77.7 Å². The lowest BCUT2D eigenvalue weighted by Gasteiger charge is -2.05. The predicted octanol–water partition coefficient (Wildman–Crippen LogP) is 1.65. The molecule has 4 heteroatoms. The molecule has 0 spiro atoms. The highest BCUT2D eigenvalue weighted by Gasteiger charge is 2.04. The van der Waals surface area contributed by atoms with Gasteiger partial charge in [-0.3, -0.25) is 9.59 Å². The van der Waals surface area contributed by atoms with Crippen LogP contribution in [0.3, 0.4) is 0 Å². The summed E-state index contributed by atoms with van der Waals surface area (Å²) >= 11 is 0. The molecule has 0 aliphatic heterocycles. The normalized spacial score (nSPS) is 10.0. The minimum Gasteiger partial charge on any atom is -0.366 e. The molecule has 0 aromatic heterocycles. The third-order valence-corrected chi connectivity index (χ3v) is 2.80. The number of primary amides is 1. The first-order chi connectivity index (χ1) is 9.65. The van der Waals surface area contributed by atoms with Crippen molar-refractivity contribution >= 4 is 11.8 Å². The Labute approximate surface area is 117 Å². The molecule has 2 aromatic carbocycles. The fourth-order valence-corrected chi connectivity index (χ4v) is 1.73. The number of nitrogens with two attached hydrogens (primary N) is 1.